The molecule has 0 aliphatic carbocycles. The molecule has 1 saturated heterocycles. The number of amides is 1. The number of benzene rings is 1. The third kappa shape index (κ3) is 4.20. The Hall–Kier alpha value is -3.04. The lowest BCUT2D eigenvalue weighted by molar-refractivity contribution is -0.120. The molecule has 0 saturated carbocycles. The van der Waals surface area contributed by atoms with Gasteiger partial charge in [-0.05, 0) is 37.1 Å². The van der Waals surface area contributed by atoms with Crippen LogP contribution in [0.25, 0.3) is 5.69 Å². The Labute approximate surface area is 169 Å². The van der Waals surface area contributed by atoms with Gasteiger partial charge in [0.15, 0.2) is 5.82 Å². The fraction of sp³-hybridized carbons (Fsp3) is 0.250. The molecule has 0 spiro atoms. The number of hydrogen-bond acceptors (Lipinski definition) is 5. The second kappa shape index (κ2) is 8.14. The minimum Gasteiger partial charge on any atom is -0.309 e. The van der Waals surface area contributed by atoms with Crippen LogP contribution in [0.1, 0.15) is 12.8 Å². The molecule has 3 aromatic rings. The number of piperidine rings is 1. The van der Waals surface area contributed by atoms with Crippen LogP contribution in [0.2, 0.25) is 0 Å². The highest BCUT2D eigenvalue weighted by Gasteiger charge is 2.32. The van der Waals surface area contributed by atoms with Crippen LogP contribution in [0.5, 0.6) is 0 Å². The van der Waals surface area contributed by atoms with Gasteiger partial charge in [-0.1, -0.05) is 18.2 Å². The van der Waals surface area contributed by atoms with Crippen LogP contribution in [0, 0.1) is 5.92 Å². The summed E-state index contributed by atoms with van der Waals surface area (Å²) in [6.07, 6.45) is 5.59. The summed E-state index contributed by atoms with van der Waals surface area (Å²) in [7, 11) is -3.57. The van der Waals surface area contributed by atoms with Crippen molar-refractivity contribution in [2.24, 2.45) is 5.92 Å². The lowest BCUT2D eigenvalue weighted by Gasteiger charge is -2.30. The summed E-state index contributed by atoms with van der Waals surface area (Å²) in [4.78, 5) is 16.7. The van der Waals surface area contributed by atoms with E-state index >= 15 is 0 Å². The molecule has 9 heteroatoms. The average Bonchev–Trinajstić information content (AvgIpc) is 3.23. The first-order chi connectivity index (χ1) is 14.0. The van der Waals surface area contributed by atoms with Crippen LogP contribution in [0.4, 0.5) is 5.82 Å². The lowest BCUT2D eigenvalue weighted by atomic mass is 9.97. The van der Waals surface area contributed by atoms with E-state index < -0.39 is 10.0 Å². The smallest absolute Gasteiger partial charge is 0.244 e. The van der Waals surface area contributed by atoms with E-state index in [9.17, 15) is 13.2 Å². The first-order valence-electron chi connectivity index (χ1n) is 9.36. The van der Waals surface area contributed by atoms with Gasteiger partial charge in [0.05, 0.1) is 5.69 Å². The second-order valence-electron chi connectivity index (χ2n) is 6.84. The summed E-state index contributed by atoms with van der Waals surface area (Å²) < 4.78 is 28.4. The van der Waals surface area contributed by atoms with Gasteiger partial charge in [0.25, 0.3) is 0 Å². The fourth-order valence-corrected chi connectivity index (χ4v) is 4.78. The van der Waals surface area contributed by atoms with Crippen LogP contribution in [0.15, 0.2) is 72.0 Å². The van der Waals surface area contributed by atoms with Crippen molar-refractivity contribution in [3.05, 3.63) is 67.1 Å². The molecule has 1 fully saturated rings. The number of hydrogen-bond donors (Lipinski definition) is 1. The van der Waals surface area contributed by atoms with Crippen LogP contribution in [0.3, 0.4) is 0 Å². The van der Waals surface area contributed by atoms with E-state index in [-0.39, 0.29) is 16.7 Å². The van der Waals surface area contributed by atoms with E-state index in [1.807, 2.05) is 30.3 Å². The Bertz CT molecular complexity index is 1080. The SMILES string of the molecule is O=C(Nc1ccn(-c2ccccc2)n1)C1CCN(S(=O)(=O)c2cccnc2)CC1. The van der Waals surface area contributed by atoms with Gasteiger partial charge in [-0.3, -0.25) is 9.78 Å². The van der Waals surface area contributed by atoms with Crippen LogP contribution >= 0.6 is 0 Å². The van der Waals surface area contributed by atoms with E-state index in [4.69, 9.17) is 0 Å². The predicted octanol–water partition coefficient (Wildman–Crippen LogP) is 2.31. The zero-order chi connectivity index (χ0) is 20.3. The molecule has 0 radical (unpaired) electrons. The Balaban J connectivity index is 1.36. The molecular formula is C20H21N5O3S. The maximum Gasteiger partial charge on any atom is 0.244 e. The number of anilines is 1. The number of nitrogens with zero attached hydrogens (tertiary/aromatic N) is 4. The van der Waals surface area contributed by atoms with E-state index in [1.165, 1.54) is 22.8 Å². The molecule has 8 nitrogen and oxygen atoms in total. The zero-order valence-corrected chi connectivity index (χ0v) is 16.5. The zero-order valence-electron chi connectivity index (χ0n) is 15.7. The highest BCUT2D eigenvalue weighted by molar-refractivity contribution is 7.89. The van der Waals surface area contributed by atoms with E-state index in [0.717, 1.165) is 5.69 Å². The molecule has 2 aromatic heterocycles. The van der Waals surface area contributed by atoms with Gasteiger partial charge in [0.2, 0.25) is 15.9 Å². The third-order valence-corrected chi connectivity index (χ3v) is 6.84. The Kier molecular flexibility index (Phi) is 5.41. The Morgan fingerprint density at radius 1 is 1.03 bits per heavy atom. The maximum atomic E-state index is 12.7. The molecule has 0 unspecified atom stereocenters. The predicted molar refractivity (Wildman–Crippen MR) is 108 cm³/mol. The standard InChI is InChI=1S/C20H21N5O3S/c26-20(22-19-10-14-25(23-19)17-5-2-1-3-6-17)16-8-12-24(13-9-16)29(27,28)18-7-4-11-21-15-18/h1-7,10-11,14-16H,8-9,12-13H2,(H,22,23,26). The first kappa shape index (κ1) is 19.3. The second-order valence-corrected chi connectivity index (χ2v) is 8.78. The molecule has 1 amide bonds. The molecular weight excluding hydrogens is 390 g/mol. The van der Waals surface area contributed by atoms with Crippen LogP contribution in [-0.4, -0.2) is 46.5 Å². The largest absolute Gasteiger partial charge is 0.309 e. The number of aromatic nitrogens is 3. The Morgan fingerprint density at radius 2 is 1.79 bits per heavy atom. The summed E-state index contributed by atoms with van der Waals surface area (Å²) in [5.41, 5.74) is 0.905. The molecule has 1 aliphatic heterocycles. The average molecular weight is 411 g/mol. The van der Waals surface area contributed by atoms with Crippen molar-refractivity contribution in [2.75, 3.05) is 18.4 Å². The van der Waals surface area contributed by atoms with Gasteiger partial charge in [-0.25, -0.2) is 13.1 Å². The van der Waals surface area contributed by atoms with Gasteiger partial charge in [0.1, 0.15) is 4.90 Å². The van der Waals surface area contributed by atoms with Gasteiger partial charge in [0, 0.05) is 43.7 Å². The van der Waals surface area contributed by atoms with Gasteiger partial charge in [-0.2, -0.15) is 9.40 Å². The molecule has 1 aromatic carbocycles. The van der Waals surface area contributed by atoms with Crippen molar-refractivity contribution in [1.29, 1.82) is 0 Å². The van der Waals surface area contributed by atoms with Crippen molar-refractivity contribution in [3.8, 4) is 5.69 Å². The third-order valence-electron chi connectivity index (χ3n) is 4.96. The summed E-state index contributed by atoms with van der Waals surface area (Å²) in [6, 6.07) is 14.5. The number of carbonyl (C=O) groups is 1. The summed E-state index contributed by atoms with van der Waals surface area (Å²) in [6.45, 7) is 0.599. The van der Waals surface area contributed by atoms with E-state index in [1.54, 1.807) is 23.0 Å². The number of rotatable bonds is 5. The molecule has 0 bridgehead atoms. The number of pyridine rings is 1. The quantitative estimate of drug-likeness (QED) is 0.695. The van der Waals surface area contributed by atoms with Crippen molar-refractivity contribution >= 4 is 21.7 Å². The summed E-state index contributed by atoms with van der Waals surface area (Å²) in [5, 5.41) is 7.22. The van der Waals surface area contributed by atoms with Crippen LogP contribution < -0.4 is 5.32 Å². The van der Waals surface area contributed by atoms with Crippen molar-refractivity contribution in [2.45, 2.75) is 17.7 Å². The molecule has 3 heterocycles. The van der Waals surface area contributed by atoms with Gasteiger partial charge >= 0.3 is 0 Å². The monoisotopic (exact) mass is 411 g/mol. The van der Waals surface area contributed by atoms with Crippen molar-refractivity contribution in [3.63, 3.8) is 0 Å². The normalized spacial score (nSPS) is 15.9. The number of para-hydroxylation sites is 1. The minimum atomic E-state index is -3.57. The van der Waals surface area contributed by atoms with Crippen LogP contribution in [-0.2, 0) is 14.8 Å². The molecule has 1 N–H and O–H groups in total. The molecule has 4 rings (SSSR count). The lowest BCUT2D eigenvalue weighted by Crippen LogP contribution is -2.41. The molecule has 150 valence electrons. The van der Waals surface area contributed by atoms with Crippen molar-refractivity contribution in [1.82, 2.24) is 19.1 Å². The number of carbonyl (C=O) groups excluding carboxylic acids is 1. The Morgan fingerprint density at radius 3 is 2.48 bits per heavy atom. The molecule has 0 atom stereocenters. The minimum absolute atomic E-state index is 0.137. The first-order valence-corrected chi connectivity index (χ1v) is 10.8. The van der Waals surface area contributed by atoms with Gasteiger partial charge in [-0.15, -0.1) is 0 Å². The summed E-state index contributed by atoms with van der Waals surface area (Å²) in [5.74, 6) is 0.0863. The highest BCUT2D eigenvalue weighted by atomic mass is 32.2. The molecule has 29 heavy (non-hydrogen) atoms. The number of nitrogens with one attached hydrogen (secondary N) is 1. The van der Waals surface area contributed by atoms with E-state index in [2.05, 4.69) is 15.4 Å². The topological polar surface area (TPSA) is 97.2 Å². The summed E-state index contributed by atoms with van der Waals surface area (Å²) >= 11 is 0. The van der Waals surface area contributed by atoms with E-state index in [0.29, 0.717) is 31.7 Å². The number of sulfonamides is 1. The van der Waals surface area contributed by atoms with Gasteiger partial charge < -0.3 is 5.32 Å². The maximum absolute atomic E-state index is 12.7. The molecule has 1 aliphatic rings. The van der Waals surface area contributed by atoms with Crippen molar-refractivity contribution < 1.29 is 13.2 Å². The highest BCUT2D eigenvalue weighted by Crippen LogP contribution is 2.24. The fourth-order valence-electron chi connectivity index (χ4n) is 3.35.